The smallest absolute Gasteiger partial charge is 0.228 e. The SMILES string of the molecule is O=C(Nc1ccc(Nc2cccc(Br)c2)nn1)C1CCC1. The predicted molar refractivity (Wildman–Crippen MR) is 85.4 cm³/mol. The first-order chi connectivity index (χ1) is 10.2. The van der Waals surface area contributed by atoms with Gasteiger partial charge in [-0.15, -0.1) is 10.2 Å². The second-order valence-electron chi connectivity index (χ2n) is 5.06. The highest BCUT2D eigenvalue weighted by atomic mass is 79.9. The van der Waals surface area contributed by atoms with Gasteiger partial charge in [-0.05, 0) is 43.2 Å². The average molecular weight is 347 g/mol. The molecule has 1 amide bonds. The van der Waals surface area contributed by atoms with Crippen LogP contribution in [0, 0.1) is 5.92 Å². The third kappa shape index (κ3) is 3.58. The summed E-state index contributed by atoms with van der Waals surface area (Å²) in [7, 11) is 0. The zero-order valence-electron chi connectivity index (χ0n) is 11.3. The van der Waals surface area contributed by atoms with E-state index in [1.165, 1.54) is 0 Å². The summed E-state index contributed by atoms with van der Waals surface area (Å²) in [4.78, 5) is 11.8. The number of halogens is 1. The highest BCUT2D eigenvalue weighted by Crippen LogP contribution is 2.27. The number of aromatic nitrogens is 2. The van der Waals surface area contributed by atoms with E-state index in [4.69, 9.17) is 0 Å². The fourth-order valence-electron chi connectivity index (χ4n) is 2.08. The first kappa shape index (κ1) is 14.0. The number of hydrogen-bond acceptors (Lipinski definition) is 4. The molecule has 0 aliphatic heterocycles. The van der Waals surface area contributed by atoms with Gasteiger partial charge in [-0.2, -0.15) is 0 Å². The van der Waals surface area contributed by atoms with Crippen LogP contribution < -0.4 is 10.6 Å². The molecular formula is C15H15BrN4O. The summed E-state index contributed by atoms with van der Waals surface area (Å²) in [5.74, 6) is 1.32. The fraction of sp³-hybridized carbons (Fsp3) is 0.267. The lowest BCUT2D eigenvalue weighted by molar-refractivity contribution is -0.122. The van der Waals surface area contributed by atoms with Crippen LogP contribution >= 0.6 is 15.9 Å². The van der Waals surface area contributed by atoms with E-state index in [2.05, 4.69) is 36.8 Å². The lowest BCUT2D eigenvalue weighted by Gasteiger charge is -2.23. The molecule has 108 valence electrons. The van der Waals surface area contributed by atoms with Gasteiger partial charge in [0.15, 0.2) is 11.6 Å². The van der Waals surface area contributed by atoms with E-state index >= 15 is 0 Å². The fourth-order valence-corrected chi connectivity index (χ4v) is 2.48. The van der Waals surface area contributed by atoms with Crippen molar-refractivity contribution in [1.29, 1.82) is 0 Å². The lowest BCUT2D eigenvalue weighted by atomic mass is 9.85. The minimum atomic E-state index is 0.0447. The highest BCUT2D eigenvalue weighted by molar-refractivity contribution is 9.10. The molecule has 1 aliphatic rings. The number of anilines is 3. The van der Waals surface area contributed by atoms with Crippen LogP contribution in [-0.2, 0) is 4.79 Å². The van der Waals surface area contributed by atoms with E-state index < -0.39 is 0 Å². The third-order valence-electron chi connectivity index (χ3n) is 3.49. The highest BCUT2D eigenvalue weighted by Gasteiger charge is 2.25. The molecule has 1 aliphatic carbocycles. The molecule has 1 fully saturated rings. The Morgan fingerprint density at radius 3 is 2.52 bits per heavy atom. The second kappa shape index (κ2) is 6.22. The van der Waals surface area contributed by atoms with Crippen molar-refractivity contribution in [3.63, 3.8) is 0 Å². The third-order valence-corrected chi connectivity index (χ3v) is 3.98. The van der Waals surface area contributed by atoms with Gasteiger partial charge in [0.05, 0.1) is 0 Å². The molecular weight excluding hydrogens is 332 g/mol. The second-order valence-corrected chi connectivity index (χ2v) is 5.97. The number of rotatable bonds is 4. The Kier molecular flexibility index (Phi) is 4.15. The Morgan fingerprint density at radius 2 is 1.90 bits per heavy atom. The number of hydrogen-bond donors (Lipinski definition) is 2. The lowest BCUT2D eigenvalue weighted by Crippen LogP contribution is -2.28. The van der Waals surface area contributed by atoms with Gasteiger partial charge in [-0.25, -0.2) is 0 Å². The summed E-state index contributed by atoms with van der Waals surface area (Å²) in [5.41, 5.74) is 0.921. The summed E-state index contributed by atoms with van der Waals surface area (Å²) < 4.78 is 0.991. The van der Waals surface area contributed by atoms with Crippen molar-refractivity contribution < 1.29 is 4.79 Å². The van der Waals surface area contributed by atoms with E-state index in [1.54, 1.807) is 12.1 Å². The predicted octanol–water partition coefficient (Wildman–Crippen LogP) is 3.72. The van der Waals surface area contributed by atoms with Crippen LogP contribution in [0.25, 0.3) is 0 Å². The molecule has 0 unspecified atom stereocenters. The average Bonchev–Trinajstić information content (AvgIpc) is 2.39. The number of nitrogens with one attached hydrogen (secondary N) is 2. The van der Waals surface area contributed by atoms with Crippen LogP contribution in [0.4, 0.5) is 17.3 Å². The molecule has 2 N–H and O–H groups in total. The van der Waals surface area contributed by atoms with Crippen LogP contribution in [0.1, 0.15) is 19.3 Å². The molecule has 0 saturated heterocycles. The molecule has 6 heteroatoms. The largest absolute Gasteiger partial charge is 0.339 e. The molecule has 1 heterocycles. The first-order valence-electron chi connectivity index (χ1n) is 6.88. The molecule has 21 heavy (non-hydrogen) atoms. The van der Waals surface area contributed by atoms with Gasteiger partial charge >= 0.3 is 0 Å². The Labute approximate surface area is 131 Å². The minimum absolute atomic E-state index is 0.0447. The van der Waals surface area contributed by atoms with E-state index in [0.717, 1.165) is 29.4 Å². The van der Waals surface area contributed by atoms with Crippen molar-refractivity contribution in [2.24, 2.45) is 5.92 Å². The first-order valence-corrected chi connectivity index (χ1v) is 7.67. The van der Waals surface area contributed by atoms with Crippen molar-refractivity contribution >= 4 is 39.2 Å². The van der Waals surface area contributed by atoms with Crippen LogP contribution in [0.15, 0.2) is 40.9 Å². The maximum Gasteiger partial charge on any atom is 0.228 e. The van der Waals surface area contributed by atoms with Crippen molar-refractivity contribution in [3.8, 4) is 0 Å². The summed E-state index contributed by atoms with van der Waals surface area (Å²) in [6.07, 6.45) is 3.09. The minimum Gasteiger partial charge on any atom is -0.339 e. The number of carbonyl (C=O) groups excluding carboxylic acids is 1. The van der Waals surface area contributed by atoms with Crippen LogP contribution in [0.3, 0.4) is 0 Å². The van der Waals surface area contributed by atoms with Crippen LogP contribution in [0.2, 0.25) is 0 Å². The molecule has 0 spiro atoms. The summed E-state index contributed by atoms with van der Waals surface area (Å²) in [6, 6.07) is 11.3. The number of carbonyl (C=O) groups is 1. The quantitative estimate of drug-likeness (QED) is 0.885. The van der Waals surface area contributed by atoms with E-state index in [-0.39, 0.29) is 11.8 Å². The Hall–Kier alpha value is -1.95. The maximum atomic E-state index is 11.8. The molecule has 1 saturated carbocycles. The molecule has 0 bridgehead atoms. The van der Waals surface area contributed by atoms with Crippen molar-refractivity contribution in [1.82, 2.24) is 10.2 Å². The molecule has 0 atom stereocenters. The Balaban J connectivity index is 1.62. The van der Waals surface area contributed by atoms with Gasteiger partial charge in [-0.3, -0.25) is 4.79 Å². The molecule has 0 radical (unpaired) electrons. The van der Waals surface area contributed by atoms with Gasteiger partial charge in [-0.1, -0.05) is 28.4 Å². The topological polar surface area (TPSA) is 66.9 Å². The zero-order chi connectivity index (χ0) is 14.7. The number of benzene rings is 1. The summed E-state index contributed by atoms with van der Waals surface area (Å²) in [5, 5.41) is 14.0. The molecule has 1 aromatic heterocycles. The molecule has 3 rings (SSSR count). The normalized spacial score (nSPS) is 14.3. The van der Waals surface area contributed by atoms with E-state index in [9.17, 15) is 4.79 Å². The molecule has 5 nitrogen and oxygen atoms in total. The molecule has 1 aromatic carbocycles. The maximum absolute atomic E-state index is 11.8. The van der Waals surface area contributed by atoms with Gasteiger partial charge in [0.2, 0.25) is 5.91 Å². The van der Waals surface area contributed by atoms with Gasteiger partial charge < -0.3 is 10.6 Å². The van der Waals surface area contributed by atoms with Crippen LogP contribution in [-0.4, -0.2) is 16.1 Å². The zero-order valence-corrected chi connectivity index (χ0v) is 12.9. The standard InChI is InChI=1S/C15H15BrN4O/c16-11-5-2-6-12(9-11)17-13-7-8-14(20-19-13)18-15(21)10-3-1-4-10/h2,5-10H,1,3-4H2,(H,17,19)(H,18,20,21). The van der Waals surface area contributed by atoms with Crippen molar-refractivity contribution in [2.45, 2.75) is 19.3 Å². The van der Waals surface area contributed by atoms with Crippen LogP contribution in [0.5, 0.6) is 0 Å². The number of amides is 1. The Morgan fingerprint density at radius 1 is 1.14 bits per heavy atom. The monoisotopic (exact) mass is 346 g/mol. The summed E-state index contributed by atoms with van der Waals surface area (Å²) in [6.45, 7) is 0. The molecule has 2 aromatic rings. The van der Waals surface area contributed by atoms with Gasteiger partial charge in [0.25, 0.3) is 0 Å². The van der Waals surface area contributed by atoms with Crippen molar-refractivity contribution in [3.05, 3.63) is 40.9 Å². The Bertz CT molecular complexity index is 640. The number of nitrogens with zero attached hydrogens (tertiary/aromatic N) is 2. The van der Waals surface area contributed by atoms with Gasteiger partial charge in [0.1, 0.15) is 0 Å². The van der Waals surface area contributed by atoms with Crippen molar-refractivity contribution in [2.75, 3.05) is 10.6 Å². The van der Waals surface area contributed by atoms with E-state index in [1.807, 2.05) is 24.3 Å². The van der Waals surface area contributed by atoms with E-state index in [0.29, 0.717) is 11.6 Å². The summed E-state index contributed by atoms with van der Waals surface area (Å²) >= 11 is 3.42. The van der Waals surface area contributed by atoms with Gasteiger partial charge in [0, 0.05) is 16.1 Å².